The Balaban J connectivity index is 1.88. The second-order valence-electron chi connectivity index (χ2n) is 4.82. The van der Waals surface area contributed by atoms with Gasteiger partial charge in [-0.25, -0.2) is 0 Å². The van der Waals surface area contributed by atoms with Crippen LogP contribution < -0.4 is 10.1 Å². The highest BCUT2D eigenvalue weighted by molar-refractivity contribution is 5.76. The van der Waals surface area contributed by atoms with Crippen molar-refractivity contribution in [3.05, 3.63) is 54.1 Å². The normalized spacial score (nSPS) is 11.3. The number of nitrogens with zero attached hydrogens (tertiary/aromatic N) is 2. The standard InChI is InChI=1S/C16H12F3N3O2/c1-23-15-22-21-14(24-15)12-4-2-3-5-13(12)20-11-8-6-10(7-9-11)16(17,18)19/h2-9,20H,1H3. The number of rotatable bonds is 4. The van der Waals surface area contributed by atoms with Gasteiger partial charge in [-0.15, -0.1) is 5.10 Å². The van der Waals surface area contributed by atoms with Gasteiger partial charge in [0.15, 0.2) is 0 Å². The Bertz CT molecular complexity index is 829. The lowest BCUT2D eigenvalue weighted by molar-refractivity contribution is -0.137. The summed E-state index contributed by atoms with van der Waals surface area (Å²) in [6.07, 6.45) is -4.34. The van der Waals surface area contributed by atoms with Crippen LogP contribution in [0.4, 0.5) is 24.5 Å². The first-order valence-electron chi connectivity index (χ1n) is 6.88. The van der Waals surface area contributed by atoms with Crippen LogP contribution in [-0.4, -0.2) is 17.3 Å². The summed E-state index contributed by atoms with van der Waals surface area (Å²) in [5, 5.41) is 10.6. The number of aromatic nitrogens is 2. The third-order valence-corrected chi connectivity index (χ3v) is 3.23. The Hall–Kier alpha value is -3.03. The monoisotopic (exact) mass is 335 g/mol. The maximum absolute atomic E-state index is 12.6. The first kappa shape index (κ1) is 15.9. The topological polar surface area (TPSA) is 60.2 Å². The van der Waals surface area contributed by atoms with Crippen molar-refractivity contribution in [1.82, 2.24) is 10.2 Å². The number of para-hydroxylation sites is 1. The van der Waals surface area contributed by atoms with Crippen LogP contribution in [0.2, 0.25) is 0 Å². The second kappa shape index (κ2) is 6.23. The van der Waals surface area contributed by atoms with Gasteiger partial charge in [0.05, 0.1) is 23.9 Å². The molecule has 0 aliphatic carbocycles. The summed E-state index contributed by atoms with van der Waals surface area (Å²) in [7, 11) is 1.41. The van der Waals surface area contributed by atoms with Gasteiger partial charge in [-0.1, -0.05) is 17.2 Å². The molecule has 5 nitrogen and oxygen atoms in total. The van der Waals surface area contributed by atoms with Crippen molar-refractivity contribution in [3.8, 4) is 17.5 Å². The Labute approximate surface area is 135 Å². The Morgan fingerprint density at radius 1 is 1.00 bits per heavy atom. The minimum atomic E-state index is -4.36. The molecule has 1 N–H and O–H groups in total. The van der Waals surface area contributed by atoms with Crippen LogP contribution in [0.25, 0.3) is 11.5 Å². The lowest BCUT2D eigenvalue weighted by Crippen LogP contribution is -2.04. The van der Waals surface area contributed by atoms with E-state index in [0.717, 1.165) is 12.1 Å². The summed E-state index contributed by atoms with van der Waals surface area (Å²) < 4.78 is 48.0. The average Bonchev–Trinajstić information content (AvgIpc) is 3.04. The quantitative estimate of drug-likeness (QED) is 0.760. The highest BCUT2D eigenvalue weighted by atomic mass is 19.4. The zero-order chi connectivity index (χ0) is 17.2. The SMILES string of the molecule is COc1nnc(-c2ccccc2Nc2ccc(C(F)(F)F)cc2)o1. The lowest BCUT2D eigenvalue weighted by atomic mass is 10.1. The smallest absolute Gasteiger partial charge is 0.416 e. The summed E-state index contributed by atoms with van der Waals surface area (Å²) >= 11 is 0. The molecule has 0 amide bonds. The third kappa shape index (κ3) is 3.32. The van der Waals surface area contributed by atoms with Crippen LogP contribution >= 0.6 is 0 Å². The number of alkyl halides is 3. The molecule has 0 atom stereocenters. The van der Waals surface area contributed by atoms with Crippen LogP contribution in [0.3, 0.4) is 0 Å². The third-order valence-electron chi connectivity index (χ3n) is 3.23. The summed E-state index contributed by atoms with van der Waals surface area (Å²) in [5.41, 5.74) is 1.02. The molecule has 3 aromatic rings. The fraction of sp³-hybridized carbons (Fsp3) is 0.125. The minimum absolute atomic E-state index is 0.0225. The van der Waals surface area contributed by atoms with E-state index < -0.39 is 11.7 Å². The van der Waals surface area contributed by atoms with Crippen LogP contribution in [0.1, 0.15) is 5.56 Å². The summed E-state index contributed by atoms with van der Waals surface area (Å²) in [6.45, 7) is 0. The van der Waals surface area contributed by atoms with Gasteiger partial charge >= 0.3 is 12.3 Å². The van der Waals surface area contributed by atoms with Gasteiger partial charge in [0.2, 0.25) is 0 Å². The molecule has 8 heteroatoms. The van der Waals surface area contributed by atoms with E-state index in [1.54, 1.807) is 24.3 Å². The van der Waals surface area contributed by atoms with Crippen molar-refractivity contribution in [2.24, 2.45) is 0 Å². The molecule has 1 aromatic heterocycles. The van der Waals surface area contributed by atoms with E-state index in [9.17, 15) is 13.2 Å². The van der Waals surface area contributed by atoms with Crippen LogP contribution in [0.5, 0.6) is 6.08 Å². The largest absolute Gasteiger partial charge is 0.452 e. The zero-order valence-electron chi connectivity index (χ0n) is 12.5. The number of benzene rings is 2. The van der Waals surface area contributed by atoms with Crippen LogP contribution in [-0.2, 0) is 6.18 Å². The molecule has 0 fully saturated rings. The predicted molar refractivity (Wildman–Crippen MR) is 81.0 cm³/mol. The van der Waals surface area contributed by atoms with Crippen molar-refractivity contribution in [1.29, 1.82) is 0 Å². The van der Waals surface area contributed by atoms with Crippen molar-refractivity contribution in [2.45, 2.75) is 6.18 Å². The van der Waals surface area contributed by atoms with Gasteiger partial charge in [0.1, 0.15) is 0 Å². The van der Waals surface area contributed by atoms with Gasteiger partial charge in [-0.05, 0) is 36.4 Å². The highest BCUT2D eigenvalue weighted by Gasteiger charge is 2.29. The van der Waals surface area contributed by atoms with Crippen molar-refractivity contribution in [2.75, 3.05) is 12.4 Å². The highest BCUT2D eigenvalue weighted by Crippen LogP contribution is 2.33. The van der Waals surface area contributed by atoms with Crippen molar-refractivity contribution >= 4 is 11.4 Å². The first-order valence-corrected chi connectivity index (χ1v) is 6.88. The van der Waals surface area contributed by atoms with Gasteiger partial charge in [0.25, 0.3) is 5.89 Å². The van der Waals surface area contributed by atoms with Gasteiger partial charge in [-0.2, -0.15) is 13.2 Å². The molecule has 0 radical (unpaired) electrons. The molecular weight excluding hydrogens is 323 g/mol. The Morgan fingerprint density at radius 2 is 1.71 bits per heavy atom. The predicted octanol–water partition coefficient (Wildman–Crippen LogP) is 4.51. The fourth-order valence-corrected chi connectivity index (χ4v) is 2.08. The van der Waals surface area contributed by atoms with Gasteiger partial charge < -0.3 is 14.5 Å². The minimum Gasteiger partial charge on any atom is -0.452 e. The number of ether oxygens (including phenoxy) is 1. The maximum atomic E-state index is 12.6. The number of nitrogens with one attached hydrogen (secondary N) is 1. The van der Waals surface area contributed by atoms with E-state index in [0.29, 0.717) is 16.9 Å². The van der Waals surface area contributed by atoms with Crippen LogP contribution in [0, 0.1) is 0 Å². The van der Waals surface area contributed by atoms with E-state index in [4.69, 9.17) is 9.15 Å². The van der Waals surface area contributed by atoms with E-state index in [2.05, 4.69) is 15.5 Å². The molecule has 0 bridgehead atoms. The van der Waals surface area contributed by atoms with Crippen molar-refractivity contribution < 1.29 is 22.3 Å². The molecule has 2 aromatic carbocycles. The number of hydrogen-bond donors (Lipinski definition) is 1. The van der Waals surface area contributed by atoms with E-state index in [1.165, 1.54) is 19.2 Å². The molecule has 0 unspecified atom stereocenters. The number of methoxy groups -OCH3 is 1. The molecule has 0 saturated heterocycles. The second-order valence-corrected chi connectivity index (χ2v) is 4.82. The summed E-state index contributed by atoms with van der Waals surface area (Å²) in [4.78, 5) is 0. The number of hydrogen-bond acceptors (Lipinski definition) is 5. The molecule has 0 aliphatic heterocycles. The molecule has 0 spiro atoms. The molecule has 1 heterocycles. The van der Waals surface area contributed by atoms with E-state index in [-0.39, 0.29) is 12.0 Å². The number of halogens is 3. The molecule has 3 rings (SSSR count). The summed E-state index contributed by atoms with van der Waals surface area (Å²) in [6, 6.07) is 11.8. The average molecular weight is 335 g/mol. The summed E-state index contributed by atoms with van der Waals surface area (Å²) in [5.74, 6) is 0.238. The Morgan fingerprint density at radius 3 is 2.33 bits per heavy atom. The number of anilines is 2. The van der Waals surface area contributed by atoms with E-state index in [1.807, 2.05) is 0 Å². The van der Waals surface area contributed by atoms with Gasteiger partial charge in [-0.3, -0.25) is 0 Å². The zero-order valence-corrected chi connectivity index (χ0v) is 12.5. The lowest BCUT2D eigenvalue weighted by Gasteiger charge is -2.11. The van der Waals surface area contributed by atoms with Gasteiger partial charge in [0, 0.05) is 5.69 Å². The maximum Gasteiger partial charge on any atom is 0.416 e. The first-order chi connectivity index (χ1) is 11.5. The fourth-order valence-electron chi connectivity index (χ4n) is 2.08. The van der Waals surface area contributed by atoms with E-state index >= 15 is 0 Å². The molecule has 124 valence electrons. The Kier molecular flexibility index (Phi) is 4.11. The molecular formula is C16H12F3N3O2. The molecule has 0 aliphatic rings. The molecule has 0 saturated carbocycles. The molecule has 24 heavy (non-hydrogen) atoms. The van der Waals surface area contributed by atoms with Crippen molar-refractivity contribution in [3.63, 3.8) is 0 Å². The van der Waals surface area contributed by atoms with Crippen LogP contribution in [0.15, 0.2) is 52.9 Å².